The van der Waals surface area contributed by atoms with E-state index in [4.69, 9.17) is 9.47 Å². The van der Waals surface area contributed by atoms with Crippen molar-refractivity contribution in [2.24, 2.45) is 0 Å². The van der Waals surface area contributed by atoms with Gasteiger partial charge in [0, 0.05) is 25.2 Å². The molecule has 2 aromatic carbocycles. The number of carboxylic acid groups (broad SMARTS) is 1. The summed E-state index contributed by atoms with van der Waals surface area (Å²) in [5, 5.41) is 9.51. The number of carbonyl (C=O) groups excluding carboxylic acids is 1. The number of hydrogen-bond acceptors (Lipinski definition) is 6. The molecule has 1 N–H and O–H groups in total. The molecule has 0 spiro atoms. The van der Waals surface area contributed by atoms with Gasteiger partial charge in [0.1, 0.15) is 28.6 Å². The molecule has 1 fully saturated rings. The van der Waals surface area contributed by atoms with Crippen LogP contribution in [-0.2, 0) is 4.79 Å². The van der Waals surface area contributed by atoms with E-state index in [-0.39, 0.29) is 23.3 Å². The summed E-state index contributed by atoms with van der Waals surface area (Å²) in [5.74, 6) is 0.673. The second-order valence-electron chi connectivity index (χ2n) is 7.21. The Kier molecular flexibility index (Phi) is 6.12. The van der Waals surface area contributed by atoms with Gasteiger partial charge >= 0.3 is 5.97 Å². The van der Waals surface area contributed by atoms with Gasteiger partial charge in [-0.05, 0) is 48.9 Å². The molecule has 32 heavy (non-hydrogen) atoms. The maximum absolute atomic E-state index is 11.8. The molecule has 8 heteroatoms. The lowest BCUT2D eigenvalue weighted by atomic mass is 10.1. The second kappa shape index (κ2) is 9.30. The van der Waals surface area contributed by atoms with Crippen LogP contribution >= 0.6 is 0 Å². The minimum atomic E-state index is -1.19. The van der Waals surface area contributed by atoms with Gasteiger partial charge in [0.2, 0.25) is 11.8 Å². The fourth-order valence-corrected chi connectivity index (χ4v) is 3.41. The molecule has 0 aliphatic carbocycles. The first-order chi connectivity index (χ1) is 15.5. The number of hydrogen-bond donors (Lipinski definition) is 1. The molecular formula is C24H21N3O5. The van der Waals surface area contributed by atoms with E-state index in [0.29, 0.717) is 42.6 Å². The third-order valence-corrected chi connectivity index (χ3v) is 5.06. The Labute approximate surface area is 184 Å². The van der Waals surface area contributed by atoms with Gasteiger partial charge in [-0.15, -0.1) is 0 Å². The molecule has 1 aliphatic heterocycles. The SMILES string of the molecule is C=CC(=O)N1CCC(c2ncc(C(=O)O)c(Oc3ccc(Oc4ccccc4)cc3)n2)C1. The highest BCUT2D eigenvalue weighted by molar-refractivity contribution is 5.90. The predicted octanol–water partition coefficient (Wildman–Crippen LogP) is 4.26. The van der Waals surface area contributed by atoms with Crippen molar-refractivity contribution in [3.05, 3.63) is 84.8 Å². The molecule has 1 aliphatic rings. The second-order valence-corrected chi connectivity index (χ2v) is 7.21. The van der Waals surface area contributed by atoms with Crippen LogP contribution in [0.2, 0.25) is 0 Å². The summed E-state index contributed by atoms with van der Waals surface area (Å²) in [4.78, 5) is 33.7. The first-order valence-corrected chi connectivity index (χ1v) is 10.1. The highest BCUT2D eigenvalue weighted by atomic mass is 16.5. The van der Waals surface area contributed by atoms with E-state index in [0.717, 1.165) is 0 Å². The lowest BCUT2D eigenvalue weighted by molar-refractivity contribution is -0.125. The Hall–Kier alpha value is -4.20. The standard InChI is InChI=1S/C24H21N3O5/c1-2-21(28)27-13-12-16(15-27)22-25-14-20(24(29)30)23(26-22)32-19-10-8-18(9-11-19)31-17-6-4-3-5-7-17/h2-11,14,16H,1,12-13,15H2,(H,29,30). The molecular weight excluding hydrogens is 410 g/mol. The van der Waals surface area contributed by atoms with Crippen LogP contribution < -0.4 is 9.47 Å². The smallest absolute Gasteiger partial charge is 0.342 e. The predicted molar refractivity (Wildman–Crippen MR) is 116 cm³/mol. The fourth-order valence-electron chi connectivity index (χ4n) is 3.41. The summed E-state index contributed by atoms with van der Waals surface area (Å²) in [6, 6.07) is 16.1. The number of carbonyl (C=O) groups is 2. The maximum atomic E-state index is 11.8. The fraction of sp³-hybridized carbons (Fsp3) is 0.167. The lowest BCUT2D eigenvalue weighted by Gasteiger charge is -2.15. The molecule has 0 saturated carbocycles. The molecule has 0 radical (unpaired) electrons. The highest BCUT2D eigenvalue weighted by Gasteiger charge is 2.29. The number of para-hydroxylation sites is 1. The number of ether oxygens (including phenoxy) is 2. The summed E-state index contributed by atoms with van der Waals surface area (Å²) in [6.45, 7) is 4.52. The van der Waals surface area contributed by atoms with Gasteiger partial charge < -0.3 is 19.5 Å². The van der Waals surface area contributed by atoms with Gasteiger partial charge in [0.25, 0.3) is 0 Å². The van der Waals surface area contributed by atoms with Crippen molar-refractivity contribution in [2.45, 2.75) is 12.3 Å². The summed E-state index contributed by atoms with van der Waals surface area (Å²) >= 11 is 0. The zero-order valence-electron chi connectivity index (χ0n) is 17.2. The van der Waals surface area contributed by atoms with Gasteiger partial charge in [0.05, 0.1) is 0 Å². The molecule has 3 aromatic rings. The van der Waals surface area contributed by atoms with Crippen molar-refractivity contribution in [1.29, 1.82) is 0 Å². The number of benzene rings is 2. The third-order valence-electron chi connectivity index (χ3n) is 5.06. The van der Waals surface area contributed by atoms with Crippen molar-refractivity contribution in [3.63, 3.8) is 0 Å². The molecule has 1 saturated heterocycles. The van der Waals surface area contributed by atoms with Crippen molar-refractivity contribution in [3.8, 4) is 23.1 Å². The van der Waals surface area contributed by atoms with E-state index in [2.05, 4.69) is 16.5 Å². The van der Waals surface area contributed by atoms with Crippen LogP contribution in [-0.4, -0.2) is 44.9 Å². The average Bonchev–Trinajstić information content (AvgIpc) is 3.31. The van der Waals surface area contributed by atoms with Crippen LogP contribution in [0.3, 0.4) is 0 Å². The van der Waals surface area contributed by atoms with E-state index in [1.165, 1.54) is 12.3 Å². The Balaban J connectivity index is 1.52. The number of carboxylic acids is 1. The Morgan fingerprint density at radius 2 is 1.69 bits per heavy atom. The van der Waals surface area contributed by atoms with Crippen molar-refractivity contribution >= 4 is 11.9 Å². The van der Waals surface area contributed by atoms with Crippen LogP contribution in [0.25, 0.3) is 0 Å². The number of aromatic nitrogens is 2. The first kappa shape index (κ1) is 21.0. The maximum Gasteiger partial charge on any atom is 0.342 e. The molecule has 0 bridgehead atoms. The van der Waals surface area contributed by atoms with Crippen LogP contribution in [0.5, 0.6) is 23.1 Å². The zero-order valence-corrected chi connectivity index (χ0v) is 17.2. The molecule has 1 atom stereocenters. The van der Waals surface area contributed by atoms with Gasteiger partial charge in [-0.3, -0.25) is 4.79 Å². The number of rotatable bonds is 7. The highest BCUT2D eigenvalue weighted by Crippen LogP contribution is 2.30. The number of aromatic carboxylic acids is 1. The summed E-state index contributed by atoms with van der Waals surface area (Å²) in [7, 11) is 0. The Bertz CT molecular complexity index is 1130. The molecule has 1 amide bonds. The van der Waals surface area contributed by atoms with Gasteiger partial charge in [0.15, 0.2) is 0 Å². The van der Waals surface area contributed by atoms with Crippen molar-refractivity contribution < 1.29 is 24.2 Å². The van der Waals surface area contributed by atoms with E-state index in [1.54, 1.807) is 29.2 Å². The van der Waals surface area contributed by atoms with E-state index < -0.39 is 5.97 Å². The van der Waals surface area contributed by atoms with E-state index in [1.807, 2.05) is 30.3 Å². The van der Waals surface area contributed by atoms with Crippen LogP contribution in [0, 0.1) is 0 Å². The van der Waals surface area contributed by atoms with E-state index >= 15 is 0 Å². The normalized spacial score (nSPS) is 15.2. The Morgan fingerprint density at radius 3 is 2.34 bits per heavy atom. The van der Waals surface area contributed by atoms with Crippen LogP contribution in [0.15, 0.2) is 73.4 Å². The molecule has 4 rings (SSSR count). The minimum Gasteiger partial charge on any atom is -0.477 e. The summed E-state index contributed by atoms with van der Waals surface area (Å²) in [5.41, 5.74) is -0.143. The number of amides is 1. The monoisotopic (exact) mass is 431 g/mol. The van der Waals surface area contributed by atoms with Gasteiger partial charge in [-0.25, -0.2) is 9.78 Å². The third kappa shape index (κ3) is 4.75. The minimum absolute atomic E-state index is 0.0484. The van der Waals surface area contributed by atoms with Crippen LogP contribution in [0.4, 0.5) is 0 Å². The van der Waals surface area contributed by atoms with E-state index in [9.17, 15) is 14.7 Å². The van der Waals surface area contributed by atoms with Gasteiger partial charge in [-0.2, -0.15) is 4.98 Å². The molecule has 1 unspecified atom stereocenters. The number of likely N-dealkylation sites (tertiary alicyclic amines) is 1. The van der Waals surface area contributed by atoms with Crippen molar-refractivity contribution in [2.75, 3.05) is 13.1 Å². The zero-order chi connectivity index (χ0) is 22.5. The molecule has 2 heterocycles. The average molecular weight is 431 g/mol. The summed E-state index contributed by atoms with van der Waals surface area (Å²) < 4.78 is 11.5. The van der Waals surface area contributed by atoms with Gasteiger partial charge in [-0.1, -0.05) is 24.8 Å². The topological polar surface area (TPSA) is 102 Å². The largest absolute Gasteiger partial charge is 0.477 e. The molecule has 162 valence electrons. The van der Waals surface area contributed by atoms with Crippen molar-refractivity contribution in [1.82, 2.24) is 14.9 Å². The first-order valence-electron chi connectivity index (χ1n) is 10.1. The Morgan fingerprint density at radius 1 is 1.03 bits per heavy atom. The quantitative estimate of drug-likeness (QED) is 0.558. The molecule has 1 aromatic heterocycles. The lowest BCUT2D eigenvalue weighted by Crippen LogP contribution is -2.26. The number of nitrogens with zero attached hydrogens (tertiary/aromatic N) is 3. The van der Waals surface area contributed by atoms with Crippen LogP contribution in [0.1, 0.15) is 28.5 Å². The summed E-state index contributed by atoms with van der Waals surface area (Å²) in [6.07, 6.45) is 3.19. The molecule has 8 nitrogen and oxygen atoms in total.